The van der Waals surface area contributed by atoms with E-state index in [0.29, 0.717) is 35.4 Å². The summed E-state index contributed by atoms with van der Waals surface area (Å²) in [5.41, 5.74) is 3.12. The molecule has 0 radical (unpaired) electrons. The van der Waals surface area contributed by atoms with E-state index in [1.54, 1.807) is 17.0 Å². The zero-order valence-corrected chi connectivity index (χ0v) is 21.5. The number of thiazole rings is 1. The molecule has 4 aromatic rings. The molecular formula is C26H24ClN3O3S2. The molecule has 0 unspecified atom stereocenters. The van der Waals surface area contributed by atoms with E-state index in [1.807, 2.05) is 49.4 Å². The fourth-order valence-corrected chi connectivity index (χ4v) is 7.19. The highest BCUT2D eigenvalue weighted by Crippen LogP contribution is 2.34. The zero-order chi connectivity index (χ0) is 24.6. The highest BCUT2D eigenvalue weighted by atomic mass is 35.5. The minimum absolute atomic E-state index is 0.204. The number of halogens is 1. The van der Waals surface area contributed by atoms with Crippen LogP contribution in [0.4, 0.5) is 5.13 Å². The number of amides is 1. The summed E-state index contributed by atoms with van der Waals surface area (Å²) in [5.74, 6) is -0.248. The third-order valence-electron chi connectivity index (χ3n) is 6.10. The maximum Gasteiger partial charge on any atom is 0.260 e. The molecule has 3 aromatic carbocycles. The number of carbonyl (C=O) groups is 1. The van der Waals surface area contributed by atoms with Gasteiger partial charge in [-0.25, -0.2) is 13.4 Å². The highest BCUT2D eigenvalue weighted by molar-refractivity contribution is 7.89. The Bertz CT molecular complexity index is 1480. The Labute approximate surface area is 213 Å². The molecular weight excluding hydrogens is 502 g/mol. The van der Waals surface area contributed by atoms with Crippen LogP contribution in [0.1, 0.15) is 34.3 Å². The first-order chi connectivity index (χ1) is 16.8. The van der Waals surface area contributed by atoms with Crippen molar-refractivity contribution in [3.63, 3.8) is 0 Å². The summed E-state index contributed by atoms with van der Waals surface area (Å²) in [6, 6.07) is 19.6. The first-order valence-electron chi connectivity index (χ1n) is 11.4. The number of anilines is 1. The van der Waals surface area contributed by atoms with Crippen molar-refractivity contribution in [3.8, 4) is 0 Å². The van der Waals surface area contributed by atoms with Crippen molar-refractivity contribution in [3.05, 3.63) is 88.4 Å². The molecule has 0 N–H and O–H groups in total. The van der Waals surface area contributed by atoms with Crippen molar-refractivity contribution in [2.24, 2.45) is 0 Å². The van der Waals surface area contributed by atoms with Crippen LogP contribution in [0.3, 0.4) is 0 Å². The predicted molar refractivity (Wildman–Crippen MR) is 141 cm³/mol. The third-order valence-corrected chi connectivity index (χ3v) is 9.26. The van der Waals surface area contributed by atoms with Crippen molar-refractivity contribution in [1.82, 2.24) is 9.29 Å². The van der Waals surface area contributed by atoms with Crippen LogP contribution < -0.4 is 4.90 Å². The Morgan fingerprint density at radius 3 is 2.43 bits per heavy atom. The molecule has 1 saturated heterocycles. The van der Waals surface area contributed by atoms with Gasteiger partial charge in [0.1, 0.15) is 0 Å². The summed E-state index contributed by atoms with van der Waals surface area (Å²) in [4.78, 5) is 20.3. The molecule has 1 fully saturated rings. The molecule has 1 aliphatic heterocycles. The molecule has 180 valence electrons. The van der Waals surface area contributed by atoms with Crippen LogP contribution in [0.2, 0.25) is 5.02 Å². The van der Waals surface area contributed by atoms with Crippen LogP contribution in [0.5, 0.6) is 0 Å². The standard InChI is InChI=1S/C26H24ClN3O3S2/c1-18-15-21(27)16-23-24(18)28-26(34-23)30(17-19-7-3-2-4-8-19)25(31)20-9-11-22(12-10-20)35(32,33)29-13-5-6-14-29/h2-4,7-12,15-16H,5-6,13-14,17H2,1H3. The number of fused-ring (bicyclic) bond motifs is 1. The largest absolute Gasteiger partial charge is 0.279 e. The van der Waals surface area contributed by atoms with Gasteiger partial charge in [-0.1, -0.05) is 53.3 Å². The molecule has 0 saturated carbocycles. The van der Waals surface area contributed by atoms with E-state index < -0.39 is 10.0 Å². The fraction of sp³-hybridized carbons (Fsp3) is 0.231. The van der Waals surface area contributed by atoms with Gasteiger partial charge in [-0.3, -0.25) is 9.69 Å². The monoisotopic (exact) mass is 525 g/mol. The Kier molecular flexibility index (Phi) is 6.63. The molecule has 0 bridgehead atoms. The van der Waals surface area contributed by atoms with Crippen LogP contribution in [-0.2, 0) is 16.6 Å². The molecule has 0 aliphatic carbocycles. The lowest BCUT2D eigenvalue weighted by atomic mass is 10.1. The average Bonchev–Trinajstić information content (AvgIpc) is 3.54. The number of rotatable bonds is 6. The molecule has 35 heavy (non-hydrogen) atoms. The summed E-state index contributed by atoms with van der Waals surface area (Å²) in [7, 11) is -3.54. The number of carbonyl (C=O) groups excluding carboxylic acids is 1. The number of aryl methyl sites for hydroxylation is 1. The van der Waals surface area contributed by atoms with Crippen LogP contribution in [0, 0.1) is 6.92 Å². The molecule has 5 rings (SSSR count). The lowest BCUT2D eigenvalue weighted by Gasteiger charge is -2.21. The lowest BCUT2D eigenvalue weighted by Crippen LogP contribution is -2.30. The van der Waals surface area contributed by atoms with Gasteiger partial charge in [-0.05, 0) is 67.3 Å². The molecule has 2 heterocycles. The topological polar surface area (TPSA) is 70.6 Å². The first kappa shape index (κ1) is 23.9. The van der Waals surface area contributed by atoms with Gasteiger partial charge in [0.15, 0.2) is 5.13 Å². The van der Waals surface area contributed by atoms with Gasteiger partial charge >= 0.3 is 0 Å². The highest BCUT2D eigenvalue weighted by Gasteiger charge is 2.28. The van der Waals surface area contributed by atoms with E-state index >= 15 is 0 Å². The number of aromatic nitrogens is 1. The molecule has 0 atom stereocenters. The third kappa shape index (κ3) is 4.84. The Hall–Kier alpha value is -2.78. The molecule has 1 aromatic heterocycles. The van der Waals surface area contributed by atoms with E-state index in [0.717, 1.165) is 34.2 Å². The van der Waals surface area contributed by atoms with E-state index in [-0.39, 0.29) is 10.8 Å². The van der Waals surface area contributed by atoms with Gasteiger partial charge in [0, 0.05) is 23.7 Å². The minimum atomic E-state index is -3.54. The SMILES string of the molecule is Cc1cc(Cl)cc2sc(N(Cc3ccccc3)C(=O)c3ccc(S(=O)(=O)N4CCCC4)cc3)nc12. The Balaban J connectivity index is 1.50. The number of nitrogens with zero attached hydrogens (tertiary/aromatic N) is 3. The van der Waals surface area contributed by atoms with Gasteiger partial charge in [0.25, 0.3) is 5.91 Å². The van der Waals surface area contributed by atoms with Crippen molar-refractivity contribution in [2.45, 2.75) is 31.2 Å². The molecule has 1 amide bonds. The van der Waals surface area contributed by atoms with Crippen LogP contribution >= 0.6 is 22.9 Å². The molecule has 6 nitrogen and oxygen atoms in total. The summed E-state index contributed by atoms with van der Waals surface area (Å²) in [6.07, 6.45) is 1.74. The first-order valence-corrected chi connectivity index (χ1v) is 14.0. The van der Waals surface area contributed by atoms with Crippen molar-refractivity contribution < 1.29 is 13.2 Å². The molecule has 1 aliphatic rings. The second-order valence-electron chi connectivity index (χ2n) is 8.58. The number of benzene rings is 3. The average molecular weight is 526 g/mol. The van der Waals surface area contributed by atoms with Crippen molar-refractivity contribution in [2.75, 3.05) is 18.0 Å². The van der Waals surface area contributed by atoms with Crippen LogP contribution in [-0.4, -0.2) is 36.7 Å². The summed E-state index contributed by atoms with van der Waals surface area (Å²) in [5, 5.41) is 1.19. The summed E-state index contributed by atoms with van der Waals surface area (Å²) < 4.78 is 28.2. The fourth-order valence-electron chi connectivity index (χ4n) is 4.25. The van der Waals surface area contributed by atoms with Crippen molar-refractivity contribution >= 4 is 54.2 Å². The normalized spacial score (nSPS) is 14.5. The quantitative estimate of drug-likeness (QED) is 0.315. The van der Waals surface area contributed by atoms with Crippen molar-refractivity contribution in [1.29, 1.82) is 0 Å². The number of hydrogen-bond donors (Lipinski definition) is 0. The second kappa shape index (κ2) is 9.70. The van der Waals surface area contributed by atoms with Gasteiger partial charge < -0.3 is 0 Å². The number of hydrogen-bond acceptors (Lipinski definition) is 5. The van der Waals surface area contributed by atoms with Crippen LogP contribution in [0.15, 0.2) is 71.6 Å². The molecule has 0 spiro atoms. The van der Waals surface area contributed by atoms with Gasteiger partial charge in [-0.15, -0.1) is 0 Å². The Morgan fingerprint density at radius 1 is 1.06 bits per heavy atom. The van der Waals surface area contributed by atoms with E-state index in [9.17, 15) is 13.2 Å². The predicted octanol–water partition coefficient (Wildman–Crippen LogP) is 5.89. The summed E-state index contributed by atoms with van der Waals surface area (Å²) in [6.45, 7) is 3.35. The zero-order valence-electron chi connectivity index (χ0n) is 19.1. The molecule has 9 heteroatoms. The maximum absolute atomic E-state index is 13.7. The van der Waals surface area contributed by atoms with E-state index in [1.165, 1.54) is 27.8 Å². The van der Waals surface area contributed by atoms with Crippen LogP contribution in [0.25, 0.3) is 10.2 Å². The van der Waals surface area contributed by atoms with Gasteiger partial charge in [-0.2, -0.15) is 4.31 Å². The minimum Gasteiger partial charge on any atom is -0.279 e. The van der Waals surface area contributed by atoms with E-state index in [2.05, 4.69) is 0 Å². The summed E-state index contributed by atoms with van der Waals surface area (Å²) >= 11 is 7.65. The van der Waals surface area contributed by atoms with Gasteiger partial charge in [0.05, 0.1) is 21.7 Å². The smallest absolute Gasteiger partial charge is 0.260 e. The van der Waals surface area contributed by atoms with Gasteiger partial charge in [0.2, 0.25) is 10.0 Å². The number of sulfonamides is 1. The second-order valence-corrected chi connectivity index (χ2v) is 12.0. The lowest BCUT2D eigenvalue weighted by molar-refractivity contribution is 0.0985. The Morgan fingerprint density at radius 2 is 1.74 bits per heavy atom. The maximum atomic E-state index is 13.7. The van der Waals surface area contributed by atoms with E-state index in [4.69, 9.17) is 16.6 Å².